The minimum absolute atomic E-state index is 0. The maximum absolute atomic E-state index is 11.5. The average molecular weight is 318 g/mol. The molecular formula is C12H16ClN3OS2. The maximum atomic E-state index is 11.5. The molecule has 0 fully saturated rings. The zero-order valence-corrected chi connectivity index (χ0v) is 13.2. The van der Waals surface area contributed by atoms with E-state index in [1.807, 2.05) is 12.4 Å². The van der Waals surface area contributed by atoms with E-state index in [0.29, 0.717) is 18.1 Å². The van der Waals surface area contributed by atoms with Crippen molar-refractivity contribution in [2.24, 2.45) is 0 Å². The summed E-state index contributed by atoms with van der Waals surface area (Å²) in [4.78, 5) is 18.4. The van der Waals surface area contributed by atoms with E-state index in [9.17, 15) is 4.79 Å². The number of rotatable bonds is 5. The summed E-state index contributed by atoms with van der Waals surface area (Å²) < 4.78 is 0. The van der Waals surface area contributed by atoms with Gasteiger partial charge in [-0.05, 0) is 26.1 Å². The van der Waals surface area contributed by atoms with Crippen LogP contribution in [0, 0.1) is 6.92 Å². The summed E-state index contributed by atoms with van der Waals surface area (Å²) in [6, 6.07) is 4.13. The van der Waals surface area contributed by atoms with Gasteiger partial charge in [0.05, 0.1) is 10.6 Å². The van der Waals surface area contributed by atoms with Crippen molar-refractivity contribution >= 4 is 46.1 Å². The summed E-state index contributed by atoms with van der Waals surface area (Å²) in [7, 11) is 1.83. The van der Waals surface area contributed by atoms with Crippen LogP contribution in [-0.2, 0) is 4.79 Å². The molecule has 0 saturated carbocycles. The normalized spacial score (nSPS) is 10.0. The van der Waals surface area contributed by atoms with Crippen LogP contribution < -0.4 is 10.6 Å². The fourth-order valence-electron chi connectivity index (χ4n) is 1.44. The fourth-order valence-corrected chi connectivity index (χ4v) is 3.07. The van der Waals surface area contributed by atoms with Crippen LogP contribution in [0.3, 0.4) is 0 Å². The average Bonchev–Trinajstić information content (AvgIpc) is 2.95. The molecule has 0 spiro atoms. The molecule has 2 N–H and O–H groups in total. The summed E-state index contributed by atoms with van der Waals surface area (Å²) >= 11 is 3.17. The van der Waals surface area contributed by atoms with E-state index in [-0.39, 0.29) is 18.3 Å². The third kappa shape index (κ3) is 4.58. The molecule has 2 aromatic heterocycles. The van der Waals surface area contributed by atoms with Gasteiger partial charge in [-0.3, -0.25) is 4.79 Å². The van der Waals surface area contributed by atoms with Gasteiger partial charge >= 0.3 is 0 Å². The lowest BCUT2D eigenvalue weighted by atomic mass is 10.4. The molecule has 0 radical (unpaired) electrons. The van der Waals surface area contributed by atoms with Gasteiger partial charge in [-0.1, -0.05) is 0 Å². The largest absolute Gasteiger partial charge is 0.319 e. The molecular weight excluding hydrogens is 302 g/mol. The monoisotopic (exact) mass is 317 g/mol. The number of amides is 1. The number of thiophene rings is 1. The van der Waals surface area contributed by atoms with Gasteiger partial charge in [0.25, 0.3) is 0 Å². The second kappa shape index (κ2) is 7.59. The summed E-state index contributed by atoms with van der Waals surface area (Å²) in [5.41, 5.74) is 0.932. The van der Waals surface area contributed by atoms with Gasteiger partial charge in [-0.15, -0.1) is 35.1 Å². The third-order valence-electron chi connectivity index (χ3n) is 2.35. The predicted molar refractivity (Wildman–Crippen MR) is 84.6 cm³/mol. The number of nitrogens with one attached hydrogen (secondary N) is 2. The molecule has 0 bridgehead atoms. The van der Waals surface area contributed by atoms with Gasteiger partial charge in [0.15, 0.2) is 5.13 Å². The highest BCUT2D eigenvalue weighted by Gasteiger charge is 2.08. The van der Waals surface area contributed by atoms with Crippen LogP contribution in [0.25, 0.3) is 10.6 Å². The first-order valence-electron chi connectivity index (χ1n) is 5.66. The van der Waals surface area contributed by atoms with Crippen LogP contribution in [0.4, 0.5) is 5.13 Å². The first-order valence-corrected chi connectivity index (χ1v) is 7.35. The van der Waals surface area contributed by atoms with Gasteiger partial charge in [-0.25, -0.2) is 4.98 Å². The van der Waals surface area contributed by atoms with Crippen LogP contribution in [0.1, 0.15) is 11.3 Å². The smallest absolute Gasteiger partial charge is 0.227 e. The Hall–Kier alpha value is -0.950. The van der Waals surface area contributed by atoms with Crippen molar-refractivity contribution < 1.29 is 4.79 Å². The Morgan fingerprint density at radius 1 is 1.42 bits per heavy atom. The lowest BCUT2D eigenvalue weighted by Gasteiger charge is -2.00. The molecule has 104 valence electrons. The summed E-state index contributed by atoms with van der Waals surface area (Å²) in [6.07, 6.45) is 0.462. The van der Waals surface area contributed by atoms with E-state index in [2.05, 4.69) is 34.7 Å². The van der Waals surface area contributed by atoms with Crippen molar-refractivity contribution in [2.45, 2.75) is 13.3 Å². The van der Waals surface area contributed by atoms with Crippen LogP contribution >= 0.6 is 35.1 Å². The minimum Gasteiger partial charge on any atom is -0.319 e. The zero-order chi connectivity index (χ0) is 13.0. The predicted octanol–water partition coefficient (Wildman–Crippen LogP) is 3.15. The van der Waals surface area contributed by atoms with E-state index in [1.54, 1.807) is 11.3 Å². The second-order valence-electron chi connectivity index (χ2n) is 3.85. The van der Waals surface area contributed by atoms with Crippen molar-refractivity contribution in [3.05, 3.63) is 22.4 Å². The van der Waals surface area contributed by atoms with Crippen LogP contribution in [-0.4, -0.2) is 24.5 Å². The summed E-state index contributed by atoms with van der Waals surface area (Å²) in [5, 5.41) is 8.38. The molecule has 0 aliphatic carbocycles. The number of aryl methyl sites for hydroxylation is 1. The van der Waals surface area contributed by atoms with Gasteiger partial charge in [0.2, 0.25) is 5.91 Å². The van der Waals surface area contributed by atoms with Crippen molar-refractivity contribution in [1.82, 2.24) is 10.3 Å². The molecule has 0 aliphatic heterocycles. The number of thiazole rings is 1. The minimum atomic E-state index is -0.00684. The Kier molecular flexibility index (Phi) is 6.44. The highest BCUT2D eigenvalue weighted by molar-refractivity contribution is 7.17. The number of nitrogens with zero attached hydrogens (tertiary/aromatic N) is 1. The lowest BCUT2D eigenvalue weighted by molar-refractivity contribution is -0.116. The SMILES string of the molecule is CNCCC(=O)Nc1nc(-c2ccc(C)s2)cs1.Cl. The molecule has 7 heteroatoms. The van der Waals surface area contributed by atoms with Crippen molar-refractivity contribution in [3.8, 4) is 10.6 Å². The lowest BCUT2D eigenvalue weighted by Crippen LogP contribution is -2.18. The van der Waals surface area contributed by atoms with Gasteiger partial charge in [0, 0.05) is 23.2 Å². The highest BCUT2D eigenvalue weighted by Crippen LogP contribution is 2.30. The second-order valence-corrected chi connectivity index (χ2v) is 6.00. The van der Waals surface area contributed by atoms with Crippen LogP contribution in [0.2, 0.25) is 0 Å². The molecule has 2 aromatic rings. The van der Waals surface area contributed by atoms with E-state index < -0.39 is 0 Å². The van der Waals surface area contributed by atoms with Crippen molar-refractivity contribution in [1.29, 1.82) is 0 Å². The Bertz CT molecular complexity index is 539. The molecule has 4 nitrogen and oxygen atoms in total. The summed E-state index contributed by atoms with van der Waals surface area (Å²) in [5.74, 6) is -0.00684. The molecule has 2 heterocycles. The Morgan fingerprint density at radius 3 is 2.84 bits per heavy atom. The molecule has 0 aliphatic rings. The Morgan fingerprint density at radius 2 is 2.21 bits per heavy atom. The number of aromatic nitrogens is 1. The molecule has 19 heavy (non-hydrogen) atoms. The number of carbonyl (C=O) groups is 1. The van der Waals surface area contributed by atoms with Crippen LogP contribution in [0.5, 0.6) is 0 Å². The molecule has 0 saturated heterocycles. The molecule has 0 atom stereocenters. The first kappa shape index (κ1) is 16.1. The number of anilines is 1. The van der Waals surface area contributed by atoms with Crippen molar-refractivity contribution in [2.75, 3.05) is 18.9 Å². The number of hydrogen-bond acceptors (Lipinski definition) is 5. The number of halogens is 1. The number of carbonyl (C=O) groups excluding carboxylic acids is 1. The Labute approximate surface area is 126 Å². The first-order chi connectivity index (χ1) is 8.69. The van der Waals surface area contributed by atoms with E-state index in [4.69, 9.17) is 0 Å². The van der Waals surface area contributed by atoms with Gasteiger partial charge in [0.1, 0.15) is 0 Å². The van der Waals surface area contributed by atoms with Crippen LogP contribution in [0.15, 0.2) is 17.5 Å². The maximum Gasteiger partial charge on any atom is 0.227 e. The molecule has 0 aromatic carbocycles. The molecule has 2 rings (SSSR count). The highest BCUT2D eigenvalue weighted by atomic mass is 35.5. The van der Waals surface area contributed by atoms with Crippen molar-refractivity contribution in [3.63, 3.8) is 0 Å². The zero-order valence-electron chi connectivity index (χ0n) is 10.7. The third-order valence-corrected chi connectivity index (χ3v) is 4.13. The molecule has 0 unspecified atom stereocenters. The van der Waals surface area contributed by atoms with E-state index >= 15 is 0 Å². The summed E-state index contributed by atoms with van der Waals surface area (Å²) in [6.45, 7) is 2.75. The fraction of sp³-hybridized carbons (Fsp3) is 0.333. The van der Waals surface area contributed by atoms with E-state index in [1.165, 1.54) is 16.2 Å². The topological polar surface area (TPSA) is 54.0 Å². The number of hydrogen-bond donors (Lipinski definition) is 2. The van der Waals surface area contributed by atoms with E-state index in [0.717, 1.165) is 10.6 Å². The standard InChI is InChI=1S/C12H15N3OS2.ClH/c1-8-3-4-10(18-8)9-7-17-12(14-9)15-11(16)5-6-13-2;/h3-4,7,13H,5-6H2,1-2H3,(H,14,15,16);1H. The van der Waals surface area contributed by atoms with Gasteiger partial charge < -0.3 is 10.6 Å². The Balaban J connectivity index is 0.00000180. The quantitative estimate of drug-likeness (QED) is 0.890. The molecule has 1 amide bonds. The van der Waals surface area contributed by atoms with Gasteiger partial charge in [-0.2, -0.15) is 0 Å².